The maximum Gasteiger partial charge on any atom is 0.0896 e. The summed E-state index contributed by atoms with van der Waals surface area (Å²) in [6.07, 6.45) is 3.23. The Morgan fingerprint density at radius 1 is 1.25 bits per heavy atom. The molecule has 24 heavy (non-hydrogen) atoms. The molecule has 2 aromatic rings. The number of rotatable bonds is 6. The zero-order valence-corrected chi connectivity index (χ0v) is 14.9. The minimum absolute atomic E-state index is 0.160. The van der Waals surface area contributed by atoms with Crippen molar-refractivity contribution in [3.63, 3.8) is 0 Å². The standard InChI is InChI=1S/C19H28N4O/c1-4-17-16(14-23(3)21-17)12-20-13-18-19(22(2)10-11-24-18)15-8-6-5-7-9-15/h5-9,14,18-20H,4,10-13H2,1-3H3/t18-,19-/m0/s1. The molecule has 1 aliphatic heterocycles. The molecule has 2 heterocycles. The average molecular weight is 328 g/mol. The summed E-state index contributed by atoms with van der Waals surface area (Å²) in [5.41, 5.74) is 3.77. The van der Waals surface area contributed by atoms with Gasteiger partial charge in [0, 0.05) is 38.4 Å². The number of hydrogen-bond donors (Lipinski definition) is 1. The summed E-state index contributed by atoms with van der Waals surface area (Å²) >= 11 is 0. The maximum atomic E-state index is 6.09. The molecule has 0 bridgehead atoms. The summed E-state index contributed by atoms with van der Waals surface area (Å²) in [7, 11) is 4.16. The van der Waals surface area contributed by atoms with Crippen LogP contribution in [0.3, 0.4) is 0 Å². The van der Waals surface area contributed by atoms with E-state index in [1.807, 2.05) is 11.7 Å². The van der Waals surface area contributed by atoms with Crippen LogP contribution in [-0.4, -0.2) is 47.5 Å². The third-order valence-electron chi connectivity index (χ3n) is 4.73. The molecule has 1 aromatic carbocycles. The molecule has 0 unspecified atom stereocenters. The fraction of sp³-hybridized carbons (Fsp3) is 0.526. The van der Waals surface area contributed by atoms with Crippen LogP contribution in [0.1, 0.15) is 29.8 Å². The number of nitrogens with one attached hydrogen (secondary N) is 1. The zero-order valence-electron chi connectivity index (χ0n) is 14.9. The van der Waals surface area contributed by atoms with Crippen LogP contribution in [0.4, 0.5) is 0 Å². The monoisotopic (exact) mass is 328 g/mol. The Labute approximate surface area is 144 Å². The molecule has 130 valence electrons. The second-order valence-electron chi connectivity index (χ2n) is 6.50. The van der Waals surface area contributed by atoms with Crippen molar-refractivity contribution in [2.75, 3.05) is 26.7 Å². The molecular formula is C19H28N4O. The normalized spacial score (nSPS) is 22.0. The van der Waals surface area contributed by atoms with E-state index in [4.69, 9.17) is 4.74 Å². The first-order valence-electron chi connectivity index (χ1n) is 8.78. The van der Waals surface area contributed by atoms with Crippen LogP contribution in [-0.2, 0) is 24.8 Å². The molecule has 0 spiro atoms. The Morgan fingerprint density at radius 2 is 2.04 bits per heavy atom. The van der Waals surface area contributed by atoms with Crippen molar-refractivity contribution in [1.29, 1.82) is 0 Å². The minimum atomic E-state index is 0.160. The smallest absolute Gasteiger partial charge is 0.0896 e. The quantitative estimate of drug-likeness (QED) is 0.882. The summed E-state index contributed by atoms with van der Waals surface area (Å²) in [6, 6.07) is 11.0. The third-order valence-corrected chi connectivity index (χ3v) is 4.73. The molecule has 1 fully saturated rings. The van der Waals surface area contributed by atoms with Crippen molar-refractivity contribution < 1.29 is 4.74 Å². The van der Waals surface area contributed by atoms with Gasteiger partial charge >= 0.3 is 0 Å². The number of aryl methyl sites for hydroxylation is 2. The molecule has 5 nitrogen and oxygen atoms in total. The van der Waals surface area contributed by atoms with E-state index in [9.17, 15) is 0 Å². The molecule has 1 aliphatic rings. The highest BCUT2D eigenvalue weighted by Gasteiger charge is 2.31. The summed E-state index contributed by atoms with van der Waals surface area (Å²) in [5, 5.41) is 8.08. The lowest BCUT2D eigenvalue weighted by Gasteiger charge is -2.39. The Kier molecular flexibility index (Phi) is 5.66. The van der Waals surface area contributed by atoms with E-state index < -0.39 is 0 Å². The number of likely N-dealkylation sites (N-methyl/N-ethyl adjacent to an activating group) is 1. The molecule has 1 aromatic heterocycles. The number of morpholine rings is 1. The van der Waals surface area contributed by atoms with Crippen LogP contribution in [0.25, 0.3) is 0 Å². The van der Waals surface area contributed by atoms with E-state index in [-0.39, 0.29) is 6.10 Å². The van der Waals surface area contributed by atoms with E-state index in [0.29, 0.717) is 6.04 Å². The van der Waals surface area contributed by atoms with Crippen molar-refractivity contribution in [2.45, 2.75) is 32.0 Å². The SMILES string of the molecule is CCc1nn(C)cc1CNC[C@@H]1OCCN(C)[C@H]1c1ccccc1. The van der Waals surface area contributed by atoms with Crippen molar-refractivity contribution in [2.24, 2.45) is 7.05 Å². The fourth-order valence-corrected chi connectivity index (χ4v) is 3.53. The van der Waals surface area contributed by atoms with E-state index in [1.54, 1.807) is 0 Å². The van der Waals surface area contributed by atoms with Gasteiger partial charge in [0.05, 0.1) is 24.4 Å². The van der Waals surface area contributed by atoms with E-state index in [0.717, 1.165) is 32.7 Å². The van der Waals surface area contributed by atoms with Crippen molar-refractivity contribution in [3.05, 3.63) is 53.3 Å². The van der Waals surface area contributed by atoms with Crippen LogP contribution >= 0.6 is 0 Å². The Morgan fingerprint density at radius 3 is 2.79 bits per heavy atom. The Hall–Kier alpha value is -1.69. The van der Waals surface area contributed by atoms with Gasteiger partial charge in [-0.15, -0.1) is 0 Å². The lowest BCUT2D eigenvalue weighted by atomic mass is 9.98. The summed E-state index contributed by atoms with van der Waals surface area (Å²) < 4.78 is 7.99. The number of hydrogen-bond acceptors (Lipinski definition) is 4. The van der Waals surface area contributed by atoms with Gasteiger partial charge in [0.2, 0.25) is 0 Å². The highest BCUT2D eigenvalue weighted by Crippen LogP contribution is 2.27. The Bertz CT molecular complexity index is 640. The summed E-state index contributed by atoms with van der Waals surface area (Å²) in [4.78, 5) is 2.40. The van der Waals surface area contributed by atoms with Crippen LogP contribution in [0.5, 0.6) is 0 Å². The van der Waals surface area contributed by atoms with Crippen LogP contribution in [0.15, 0.2) is 36.5 Å². The second kappa shape index (κ2) is 7.92. The van der Waals surface area contributed by atoms with Gasteiger partial charge in [0.1, 0.15) is 0 Å². The molecule has 5 heteroatoms. The Balaban J connectivity index is 1.64. The van der Waals surface area contributed by atoms with Crippen LogP contribution in [0, 0.1) is 0 Å². The molecule has 0 saturated carbocycles. The molecule has 0 amide bonds. The van der Waals surface area contributed by atoms with E-state index >= 15 is 0 Å². The molecular weight excluding hydrogens is 300 g/mol. The fourth-order valence-electron chi connectivity index (χ4n) is 3.53. The van der Waals surface area contributed by atoms with Gasteiger partial charge in [-0.1, -0.05) is 37.3 Å². The maximum absolute atomic E-state index is 6.09. The average Bonchev–Trinajstić information content (AvgIpc) is 2.95. The van der Waals surface area contributed by atoms with Gasteiger partial charge < -0.3 is 10.1 Å². The predicted molar refractivity (Wildman–Crippen MR) is 95.8 cm³/mol. The number of benzene rings is 1. The predicted octanol–water partition coefficient (Wildman–Crippen LogP) is 2.14. The van der Waals surface area contributed by atoms with Gasteiger partial charge in [-0.3, -0.25) is 9.58 Å². The molecule has 0 aliphatic carbocycles. The number of ether oxygens (including phenoxy) is 1. The van der Waals surface area contributed by atoms with Crippen molar-refractivity contribution in [1.82, 2.24) is 20.0 Å². The largest absolute Gasteiger partial charge is 0.374 e. The summed E-state index contributed by atoms with van der Waals surface area (Å²) in [5.74, 6) is 0. The van der Waals surface area contributed by atoms with Gasteiger partial charge in [0.25, 0.3) is 0 Å². The van der Waals surface area contributed by atoms with Gasteiger partial charge in [-0.05, 0) is 19.0 Å². The van der Waals surface area contributed by atoms with Crippen molar-refractivity contribution in [3.8, 4) is 0 Å². The van der Waals surface area contributed by atoms with Crippen LogP contribution < -0.4 is 5.32 Å². The summed E-state index contributed by atoms with van der Waals surface area (Å²) in [6.45, 7) is 5.58. The van der Waals surface area contributed by atoms with E-state index in [2.05, 4.69) is 65.8 Å². The second-order valence-corrected chi connectivity index (χ2v) is 6.50. The van der Waals surface area contributed by atoms with Crippen molar-refractivity contribution >= 4 is 0 Å². The van der Waals surface area contributed by atoms with Gasteiger partial charge in [-0.2, -0.15) is 5.10 Å². The molecule has 2 atom stereocenters. The highest BCUT2D eigenvalue weighted by molar-refractivity contribution is 5.21. The molecule has 0 radical (unpaired) electrons. The first-order chi connectivity index (χ1) is 11.7. The first kappa shape index (κ1) is 17.1. The molecule has 1 N–H and O–H groups in total. The first-order valence-corrected chi connectivity index (χ1v) is 8.78. The number of nitrogens with zero attached hydrogens (tertiary/aromatic N) is 3. The van der Waals surface area contributed by atoms with Gasteiger partial charge in [0.15, 0.2) is 0 Å². The lowest BCUT2D eigenvalue weighted by molar-refractivity contribution is -0.0615. The highest BCUT2D eigenvalue weighted by atomic mass is 16.5. The lowest BCUT2D eigenvalue weighted by Crippen LogP contribution is -2.47. The zero-order chi connectivity index (χ0) is 16.9. The molecule has 1 saturated heterocycles. The molecule has 3 rings (SSSR count). The van der Waals surface area contributed by atoms with E-state index in [1.165, 1.54) is 16.8 Å². The topological polar surface area (TPSA) is 42.3 Å². The van der Waals surface area contributed by atoms with Gasteiger partial charge in [-0.25, -0.2) is 0 Å². The number of aromatic nitrogens is 2. The minimum Gasteiger partial charge on any atom is -0.374 e. The third kappa shape index (κ3) is 3.86. The van der Waals surface area contributed by atoms with Crippen LogP contribution in [0.2, 0.25) is 0 Å².